The topological polar surface area (TPSA) is 69.2 Å². The van der Waals surface area contributed by atoms with Gasteiger partial charge < -0.3 is 20.3 Å². The lowest BCUT2D eigenvalue weighted by Crippen LogP contribution is -2.49. The summed E-state index contributed by atoms with van der Waals surface area (Å²) < 4.78 is 5.09. The molecule has 170 valence electrons. The second kappa shape index (κ2) is 14.5. The molecule has 0 saturated carbocycles. The van der Waals surface area contributed by atoms with Crippen LogP contribution in [0.1, 0.15) is 44.7 Å². The molecular weight excluding hydrogens is 493 g/mol. The molecule has 1 amide bonds. The highest BCUT2D eigenvalue weighted by atomic mass is 127. The first-order valence-corrected chi connectivity index (χ1v) is 10.8. The summed E-state index contributed by atoms with van der Waals surface area (Å²) in [6, 6.07) is 8.88. The molecule has 0 spiro atoms. The Morgan fingerprint density at radius 1 is 1.17 bits per heavy atom. The predicted molar refractivity (Wildman–Crippen MR) is 133 cm³/mol. The molecule has 1 aromatic rings. The lowest BCUT2D eigenvalue weighted by Gasteiger charge is -2.32. The molecular formula is C22H38IN5O2. The lowest BCUT2D eigenvalue weighted by molar-refractivity contribution is 0.0963. The lowest BCUT2D eigenvalue weighted by atomic mass is 10.1. The molecule has 2 rings (SSSR count). The molecule has 0 atom stereocenters. The number of hydrogen-bond donors (Lipinski definition) is 2. The van der Waals surface area contributed by atoms with Crippen LogP contribution in [-0.2, 0) is 17.8 Å². The van der Waals surface area contributed by atoms with Crippen LogP contribution in [0.25, 0.3) is 0 Å². The first-order chi connectivity index (χ1) is 14.1. The summed E-state index contributed by atoms with van der Waals surface area (Å²) in [7, 11) is 1.80. The highest BCUT2D eigenvalue weighted by Crippen LogP contribution is 2.13. The Labute approximate surface area is 198 Å². The van der Waals surface area contributed by atoms with Gasteiger partial charge >= 0.3 is 6.09 Å². The van der Waals surface area contributed by atoms with Crippen molar-refractivity contribution in [3.05, 3.63) is 35.4 Å². The summed E-state index contributed by atoms with van der Waals surface area (Å²) in [5.41, 5.74) is 2.64. The third-order valence-corrected chi connectivity index (χ3v) is 5.44. The zero-order chi connectivity index (χ0) is 21.1. The summed E-state index contributed by atoms with van der Waals surface area (Å²) in [4.78, 5) is 20.4. The summed E-state index contributed by atoms with van der Waals surface area (Å²) in [6.07, 6.45) is 1.56. The number of halogens is 1. The van der Waals surface area contributed by atoms with Gasteiger partial charge in [-0.3, -0.25) is 9.89 Å². The number of amides is 1. The molecule has 1 heterocycles. The smallest absolute Gasteiger partial charge is 0.409 e. The number of rotatable bonds is 8. The van der Waals surface area contributed by atoms with E-state index in [1.807, 2.05) is 6.92 Å². The van der Waals surface area contributed by atoms with E-state index < -0.39 is 0 Å². The zero-order valence-electron chi connectivity index (χ0n) is 18.8. The van der Waals surface area contributed by atoms with Gasteiger partial charge in [-0.25, -0.2) is 4.79 Å². The van der Waals surface area contributed by atoms with Gasteiger partial charge in [0.05, 0.1) is 6.61 Å². The van der Waals surface area contributed by atoms with Crippen LogP contribution >= 0.6 is 24.0 Å². The standard InChI is InChI=1S/C22H37N5O2.HI/c1-5-26(6-2)17-19-11-9-8-10-18(19)16-24-21(23-4)25-20-12-14-27(15-13-20)22(28)29-7-3;/h8-11,20H,5-7,12-17H2,1-4H3,(H2,23,24,25);1H. The Bertz CT molecular complexity index is 659. The van der Waals surface area contributed by atoms with Crippen LogP contribution in [0.15, 0.2) is 29.3 Å². The van der Waals surface area contributed by atoms with Crippen molar-refractivity contribution in [1.82, 2.24) is 20.4 Å². The molecule has 0 unspecified atom stereocenters. The number of hydrogen-bond acceptors (Lipinski definition) is 4. The number of ether oxygens (including phenoxy) is 1. The monoisotopic (exact) mass is 531 g/mol. The number of carbonyl (C=O) groups is 1. The van der Waals surface area contributed by atoms with E-state index in [-0.39, 0.29) is 30.1 Å². The maximum atomic E-state index is 11.8. The number of carbonyl (C=O) groups excluding carboxylic acids is 1. The van der Waals surface area contributed by atoms with Gasteiger partial charge in [0.1, 0.15) is 0 Å². The number of nitrogens with zero attached hydrogens (tertiary/aromatic N) is 3. The maximum Gasteiger partial charge on any atom is 0.409 e. The van der Waals surface area contributed by atoms with Gasteiger partial charge in [-0.15, -0.1) is 24.0 Å². The quantitative estimate of drug-likeness (QED) is 0.306. The van der Waals surface area contributed by atoms with Crippen molar-refractivity contribution in [1.29, 1.82) is 0 Å². The first kappa shape index (κ1) is 26.5. The van der Waals surface area contributed by atoms with Gasteiger partial charge in [0, 0.05) is 39.3 Å². The van der Waals surface area contributed by atoms with Crippen molar-refractivity contribution < 1.29 is 9.53 Å². The van der Waals surface area contributed by atoms with Gasteiger partial charge in [-0.1, -0.05) is 38.1 Å². The van der Waals surface area contributed by atoms with E-state index in [1.165, 1.54) is 11.1 Å². The van der Waals surface area contributed by atoms with Gasteiger partial charge in [0.15, 0.2) is 5.96 Å². The fourth-order valence-electron chi connectivity index (χ4n) is 3.56. The second-order valence-corrected chi connectivity index (χ2v) is 7.26. The normalized spacial score (nSPS) is 15.0. The molecule has 1 aliphatic rings. The van der Waals surface area contributed by atoms with Gasteiger partial charge in [0.2, 0.25) is 0 Å². The number of piperidine rings is 1. The van der Waals surface area contributed by atoms with E-state index >= 15 is 0 Å². The maximum absolute atomic E-state index is 11.8. The average Bonchev–Trinajstić information content (AvgIpc) is 2.76. The van der Waals surface area contributed by atoms with Gasteiger partial charge in [-0.05, 0) is 44.0 Å². The van der Waals surface area contributed by atoms with Crippen LogP contribution in [0.4, 0.5) is 4.79 Å². The summed E-state index contributed by atoms with van der Waals surface area (Å²) in [5.74, 6) is 0.803. The molecule has 0 bridgehead atoms. The Balaban J connectivity index is 0.00000450. The highest BCUT2D eigenvalue weighted by molar-refractivity contribution is 14.0. The Hall–Kier alpha value is -1.55. The summed E-state index contributed by atoms with van der Waals surface area (Å²) in [5, 5.41) is 6.95. The van der Waals surface area contributed by atoms with Gasteiger partial charge in [0.25, 0.3) is 0 Å². The number of guanidine groups is 1. The largest absolute Gasteiger partial charge is 0.450 e. The Morgan fingerprint density at radius 2 is 1.80 bits per heavy atom. The molecule has 1 aromatic carbocycles. The molecule has 0 aliphatic carbocycles. The van der Waals surface area contributed by atoms with E-state index in [2.05, 4.69) is 58.6 Å². The van der Waals surface area contributed by atoms with Crippen molar-refractivity contribution in [3.63, 3.8) is 0 Å². The number of likely N-dealkylation sites (tertiary alicyclic amines) is 1. The van der Waals surface area contributed by atoms with E-state index in [0.717, 1.165) is 45.0 Å². The molecule has 0 radical (unpaired) electrons. The highest BCUT2D eigenvalue weighted by Gasteiger charge is 2.24. The minimum Gasteiger partial charge on any atom is -0.450 e. The molecule has 8 heteroatoms. The van der Waals surface area contributed by atoms with Crippen LogP contribution in [0.5, 0.6) is 0 Å². The van der Waals surface area contributed by atoms with Crippen molar-refractivity contribution in [3.8, 4) is 0 Å². The van der Waals surface area contributed by atoms with Crippen LogP contribution < -0.4 is 10.6 Å². The van der Waals surface area contributed by atoms with Crippen LogP contribution in [0, 0.1) is 0 Å². The van der Waals surface area contributed by atoms with E-state index in [9.17, 15) is 4.79 Å². The second-order valence-electron chi connectivity index (χ2n) is 7.26. The van der Waals surface area contributed by atoms with Crippen molar-refractivity contribution in [2.75, 3.05) is 39.8 Å². The zero-order valence-corrected chi connectivity index (χ0v) is 21.1. The van der Waals surface area contributed by atoms with Crippen LogP contribution in [0.3, 0.4) is 0 Å². The molecule has 1 aliphatic heterocycles. The van der Waals surface area contributed by atoms with E-state index in [4.69, 9.17) is 4.74 Å². The summed E-state index contributed by atoms with van der Waals surface area (Å²) in [6.45, 7) is 11.9. The van der Waals surface area contributed by atoms with Crippen LogP contribution in [0.2, 0.25) is 0 Å². The average molecular weight is 531 g/mol. The minimum atomic E-state index is -0.210. The fourth-order valence-corrected chi connectivity index (χ4v) is 3.56. The SMILES string of the molecule is CCOC(=O)N1CCC(NC(=NC)NCc2ccccc2CN(CC)CC)CC1.I. The van der Waals surface area contributed by atoms with E-state index in [0.29, 0.717) is 25.7 Å². The Kier molecular flexibility index (Phi) is 12.8. The molecule has 2 N–H and O–H groups in total. The molecule has 1 fully saturated rings. The van der Waals surface area contributed by atoms with Crippen molar-refractivity contribution in [2.24, 2.45) is 4.99 Å². The third-order valence-electron chi connectivity index (χ3n) is 5.44. The molecule has 7 nitrogen and oxygen atoms in total. The summed E-state index contributed by atoms with van der Waals surface area (Å²) >= 11 is 0. The third kappa shape index (κ3) is 8.29. The van der Waals surface area contributed by atoms with Crippen LogP contribution in [-0.4, -0.2) is 67.7 Å². The molecule has 1 saturated heterocycles. The van der Waals surface area contributed by atoms with Crippen molar-refractivity contribution in [2.45, 2.75) is 52.7 Å². The fraction of sp³-hybridized carbons (Fsp3) is 0.636. The predicted octanol–water partition coefficient (Wildman–Crippen LogP) is 3.43. The minimum absolute atomic E-state index is 0. The van der Waals surface area contributed by atoms with Crippen molar-refractivity contribution >= 4 is 36.0 Å². The molecule has 30 heavy (non-hydrogen) atoms. The molecule has 0 aromatic heterocycles. The number of aliphatic imine (C=N–C) groups is 1. The van der Waals surface area contributed by atoms with Gasteiger partial charge in [-0.2, -0.15) is 0 Å². The first-order valence-electron chi connectivity index (χ1n) is 10.8. The van der Waals surface area contributed by atoms with E-state index in [1.54, 1.807) is 11.9 Å². The number of nitrogens with one attached hydrogen (secondary N) is 2. The Morgan fingerprint density at radius 3 is 2.37 bits per heavy atom. The number of benzene rings is 1.